The van der Waals surface area contributed by atoms with Crippen LogP contribution in [-0.4, -0.2) is 17.9 Å². The third-order valence-corrected chi connectivity index (χ3v) is 3.23. The molecule has 0 radical (unpaired) electrons. The summed E-state index contributed by atoms with van der Waals surface area (Å²) in [7, 11) is 0. The highest BCUT2D eigenvalue weighted by Crippen LogP contribution is 2.32. The fourth-order valence-corrected chi connectivity index (χ4v) is 2.22. The maximum atomic E-state index is 7.37. The second kappa shape index (κ2) is 3.25. The minimum absolute atomic E-state index is 0.214. The van der Waals surface area contributed by atoms with E-state index in [2.05, 4.69) is 16.4 Å². The van der Waals surface area contributed by atoms with Gasteiger partial charge in [-0.25, -0.2) is 10.9 Å². The predicted molar refractivity (Wildman–Crippen MR) is 50.9 cm³/mol. The lowest BCUT2D eigenvalue weighted by Gasteiger charge is -2.35. The second-order valence-electron chi connectivity index (χ2n) is 4.11. The van der Waals surface area contributed by atoms with Crippen molar-refractivity contribution in [1.29, 1.82) is 5.41 Å². The first-order valence-electron chi connectivity index (χ1n) is 4.81. The van der Waals surface area contributed by atoms with Crippen LogP contribution >= 0.6 is 0 Å². The van der Waals surface area contributed by atoms with Crippen LogP contribution in [0, 0.1) is 11.3 Å². The van der Waals surface area contributed by atoms with Crippen LogP contribution in [0.4, 0.5) is 0 Å². The maximum Gasteiger partial charge on any atom is 0.0936 e. The van der Waals surface area contributed by atoms with E-state index in [9.17, 15) is 0 Å². The third kappa shape index (κ3) is 1.67. The van der Waals surface area contributed by atoms with Gasteiger partial charge in [0.05, 0.1) is 5.84 Å². The molecule has 5 nitrogen and oxygen atoms in total. The molecule has 5 heteroatoms. The van der Waals surface area contributed by atoms with Gasteiger partial charge in [-0.2, -0.15) is 5.53 Å². The van der Waals surface area contributed by atoms with E-state index in [0.29, 0.717) is 11.8 Å². The lowest BCUT2D eigenvalue weighted by molar-refractivity contribution is 0.243. The van der Waals surface area contributed by atoms with E-state index in [4.69, 9.17) is 11.1 Å². The number of nitrogens with one attached hydrogen (secondary N) is 4. The van der Waals surface area contributed by atoms with Gasteiger partial charge in [0.25, 0.3) is 0 Å². The third-order valence-electron chi connectivity index (χ3n) is 3.23. The summed E-state index contributed by atoms with van der Waals surface area (Å²) < 4.78 is 0. The number of nitrogens with two attached hydrogens (primary N) is 1. The summed E-state index contributed by atoms with van der Waals surface area (Å²) in [6.07, 6.45) is 4.26. The highest BCUT2D eigenvalue weighted by atomic mass is 15.7. The zero-order valence-electron chi connectivity index (χ0n) is 7.69. The molecular formula is C8H17N5. The Balaban J connectivity index is 1.91. The highest BCUT2D eigenvalue weighted by Gasteiger charge is 2.38. The van der Waals surface area contributed by atoms with E-state index in [-0.39, 0.29) is 5.54 Å². The van der Waals surface area contributed by atoms with E-state index < -0.39 is 0 Å². The van der Waals surface area contributed by atoms with Crippen LogP contribution in [0.5, 0.6) is 0 Å². The van der Waals surface area contributed by atoms with Crippen molar-refractivity contribution >= 4 is 5.84 Å². The molecule has 1 heterocycles. The van der Waals surface area contributed by atoms with Gasteiger partial charge < -0.3 is 5.73 Å². The molecule has 13 heavy (non-hydrogen) atoms. The van der Waals surface area contributed by atoms with Crippen molar-refractivity contribution in [1.82, 2.24) is 16.4 Å². The van der Waals surface area contributed by atoms with Gasteiger partial charge in [0.15, 0.2) is 0 Å². The second-order valence-corrected chi connectivity index (χ2v) is 4.11. The van der Waals surface area contributed by atoms with E-state index in [1.807, 2.05) is 0 Å². The van der Waals surface area contributed by atoms with Crippen LogP contribution in [0.15, 0.2) is 0 Å². The minimum atomic E-state index is 0.214. The van der Waals surface area contributed by atoms with Gasteiger partial charge in [-0.15, -0.1) is 0 Å². The summed E-state index contributed by atoms with van der Waals surface area (Å²) in [6.45, 7) is 0.970. The molecule has 0 unspecified atom stereocenters. The van der Waals surface area contributed by atoms with Gasteiger partial charge in [-0.3, -0.25) is 5.41 Å². The van der Waals surface area contributed by atoms with Gasteiger partial charge in [0, 0.05) is 18.0 Å². The summed E-state index contributed by atoms with van der Waals surface area (Å²) in [5.74, 6) is 0.668. The van der Waals surface area contributed by atoms with Crippen LogP contribution < -0.4 is 22.1 Å². The Morgan fingerprint density at radius 1 is 1.38 bits per heavy atom. The van der Waals surface area contributed by atoms with Crippen LogP contribution in [0.3, 0.4) is 0 Å². The van der Waals surface area contributed by atoms with E-state index in [1.54, 1.807) is 0 Å². The van der Waals surface area contributed by atoms with E-state index >= 15 is 0 Å². The molecule has 74 valence electrons. The number of hydrogen-bond acceptors (Lipinski definition) is 4. The Bertz CT molecular complexity index is 199. The van der Waals surface area contributed by atoms with E-state index in [1.165, 1.54) is 0 Å². The van der Waals surface area contributed by atoms with Crippen LogP contribution in [0.1, 0.15) is 25.7 Å². The molecule has 1 saturated heterocycles. The molecule has 0 aromatic carbocycles. The molecule has 2 rings (SSSR count). The fourth-order valence-electron chi connectivity index (χ4n) is 2.22. The Morgan fingerprint density at radius 2 is 2.08 bits per heavy atom. The van der Waals surface area contributed by atoms with Gasteiger partial charge >= 0.3 is 0 Å². The lowest BCUT2D eigenvalue weighted by Crippen LogP contribution is -2.49. The largest absolute Gasteiger partial charge is 0.387 e. The molecule has 1 aliphatic heterocycles. The standard InChI is InChI=1S/C8H17N5/c9-7(10)6-1-3-8(4-2-6)5-11-13-12-8/h6,11-13H,1-5H2,(H3,9,10). The van der Waals surface area contributed by atoms with E-state index in [0.717, 1.165) is 32.2 Å². The SMILES string of the molecule is N=C(N)C1CCC2(CC1)CNNN2. The summed E-state index contributed by atoms with van der Waals surface area (Å²) in [5, 5.41) is 7.37. The molecule has 1 aliphatic carbocycles. The van der Waals surface area contributed by atoms with Crippen molar-refractivity contribution in [2.75, 3.05) is 6.54 Å². The van der Waals surface area contributed by atoms with Gasteiger partial charge in [0.1, 0.15) is 0 Å². The number of amidine groups is 1. The monoisotopic (exact) mass is 183 g/mol. The van der Waals surface area contributed by atoms with Crippen molar-refractivity contribution in [3.05, 3.63) is 0 Å². The Hall–Kier alpha value is -0.650. The average molecular weight is 183 g/mol. The summed E-state index contributed by atoms with van der Waals surface area (Å²) in [4.78, 5) is 0. The Morgan fingerprint density at radius 3 is 2.54 bits per heavy atom. The molecule has 2 aliphatic rings. The van der Waals surface area contributed by atoms with Crippen LogP contribution in [0.25, 0.3) is 0 Å². The fraction of sp³-hybridized carbons (Fsp3) is 0.875. The zero-order chi connectivity index (χ0) is 9.31. The minimum Gasteiger partial charge on any atom is -0.387 e. The molecule has 0 atom stereocenters. The van der Waals surface area contributed by atoms with Gasteiger partial charge in [-0.1, -0.05) is 0 Å². The smallest absolute Gasteiger partial charge is 0.0936 e. The summed E-state index contributed by atoms with van der Waals surface area (Å²) in [5.41, 5.74) is 15.0. The normalized spacial score (nSPS) is 39.5. The maximum absolute atomic E-state index is 7.37. The first-order chi connectivity index (χ1) is 6.22. The van der Waals surface area contributed by atoms with Crippen molar-refractivity contribution in [2.24, 2.45) is 11.7 Å². The first-order valence-corrected chi connectivity index (χ1v) is 4.81. The van der Waals surface area contributed by atoms with Crippen LogP contribution in [0.2, 0.25) is 0 Å². The molecule has 0 bridgehead atoms. The van der Waals surface area contributed by atoms with Crippen molar-refractivity contribution < 1.29 is 0 Å². The highest BCUT2D eigenvalue weighted by molar-refractivity contribution is 5.79. The first kappa shape index (κ1) is 8.93. The molecule has 0 amide bonds. The number of hydrogen-bond donors (Lipinski definition) is 5. The average Bonchev–Trinajstić information content (AvgIpc) is 2.54. The molecule has 1 saturated carbocycles. The summed E-state index contributed by atoms with van der Waals surface area (Å²) in [6, 6.07) is 0. The zero-order valence-corrected chi connectivity index (χ0v) is 7.69. The number of hydrazine groups is 2. The Kier molecular flexibility index (Phi) is 2.23. The quantitative estimate of drug-likeness (QED) is 0.279. The lowest BCUT2D eigenvalue weighted by atomic mass is 9.77. The molecule has 0 aromatic rings. The molecule has 6 N–H and O–H groups in total. The van der Waals surface area contributed by atoms with Crippen molar-refractivity contribution in [3.8, 4) is 0 Å². The topological polar surface area (TPSA) is 86.0 Å². The van der Waals surface area contributed by atoms with Crippen molar-refractivity contribution in [3.63, 3.8) is 0 Å². The Labute approximate surface area is 77.9 Å². The van der Waals surface area contributed by atoms with Gasteiger partial charge in [-0.05, 0) is 25.7 Å². The van der Waals surface area contributed by atoms with Gasteiger partial charge in [0.2, 0.25) is 0 Å². The number of rotatable bonds is 1. The van der Waals surface area contributed by atoms with Crippen LogP contribution in [-0.2, 0) is 0 Å². The molecule has 2 fully saturated rings. The summed E-state index contributed by atoms with van der Waals surface area (Å²) >= 11 is 0. The molecule has 0 aromatic heterocycles. The predicted octanol–water partition coefficient (Wildman–Crippen LogP) is -0.536. The molecule has 1 spiro atoms. The molecular weight excluding hydrogens is 166 g/mol. The van der Waals surface area contributed by atoms with Crippen molar-refractivity contribution in [2.45, 2.75) is 31.2 Å².